The molecule has 0 aromatic heterocycles. The molecule has 0 fully saturated rings. The van der Waals surface area contributed by atoms with Gasteiger partial charge in [0.1, 0.15) is 19.4 Å². The maximum atomic E-state index is 12.9. The SMILES string of the molecule is CC.CCC(=O)N1Cc2ccccc2/C(N)=C(/N(N)CC(=O)NC(C)C(C)C)c2ccccc21.CCCNC.NC=O.O=CCCCOC(=O)OCc1ccc(NC(=O)CNC=O)cc1. The lowest BCUT2D eigenvalue weighted by Crippen LogP contribution is -2.45. The molecule has 5 amide bonds. The molecule has 1 aliphatic heterocycles. The summed E-state index contributed by atoms with van der Waals surface area (Å²) in [4.78, 5) is 78.7. The summed E-state index contributed by atoms with van der Waals surface area (Å²) in [5, 5.41) is 12.2. The number of benzene rings is 3. The molecule has 65 heavy (non-hydrogen) atoms. The van der Waals surface area contributed by atoms with Gasteiger partial charge in [0.25, 0.3) is 0 Å². The Bertz CT molecular complexity index is 1920. The Morgan fingerprint density at radius 2 is 1.49 bits per heavy atom. The van der Waals surface area contributed by atoms with Gasteiger partial charge in [-0.2, -0.15) is 0 Å². The Balaban J connectivity index is 0.00000108. The van der Waals surface area contributed by atoms with E-state index >= 15 is 0 Å². The van der Waals surface area contributed by atoms with E-state index in [2.05, 4.69) is 33.9 Å². The lowest BCUT2D eigenvalue weighted by molar-refractivity contribution is -0.122. The molecule has 3 aromatic carbocycles. The number of amides is 5. The maximum Gasteiger partial charge on any atom is 0.508 e. The summed E-state index contributed by atoms with van der Waals surface area (Å²) in [7, 11) is 1.96. The van der Waals surface area contributed by atoms with Gasteiger partial charge in [-0.3, -0.25) is 29.0 Å². The molecule has 18 heteroatoms. The van der Waals surface area contributed by atoms with Gasteiger partial charge in [-0.15, -0.1) is 0 Å². The molecular formula is C47H71N9O9. The summed E-state index contributed by atoms with van der Waals surface area (Å²) in [6, 6.07) is 21.9. The Labute approximate surface area is 384 Å². The lowest BCUT2D eigenvalue weighted by Gasteiger charge is -2.33. The second kappa shape index (κ2) is 34.7. The Hall–Kier alpha value is -6.79. The molecule has 18 nitrogen and oxygen atoms in total. The average Bonchev–Trinajstić information content (AvgIpc) is 3.30. The highest BCUT2D eigenvalue weighted by molar-refractivity contribution is 6.01. The number of fused-ring (bicyclic) bond motifs is 2. The van der Waals surface area contributed by atoms with Crippen LogP contribution in [0.5, 0.6) is 0 Å². The second-order valence-corrected chi connectivity index (χ2v) is 14.2. The fourth-order valence-corrected chi connectivity index (χ4v) is 5.56. The minimum absolute atomic E-state index is 0.000790. The number of hydrogen-bond acceptors (Lipinski definition) is 13. The topological polar surface area (TPSA) is 271 Å². The zero-order valence-electron chi connectivity index (χ0n) is 39.2. The minimum Gasteiger partial charge on any atom is -0.434 e. The van der Waals surface area contributed by atoms with Gasteiger partial charge in [0.05, 0.1) is 36.8 Å². The molecule has 0 saturated heterocycles. The van der Waals surface area contributed by atoms with Gasteiger partial charge in [-0.05, 0) is 68.6 Å². The number of carbonyl (C=O) groups excluding carboxylic acids is 7. The molecule has 1 unspecified atom stereocenters. The maximum absolute atomic E-state index is 12.9. The number of anilines is 2. The molecule has 3 aromatic rings. The number of hydrogen-bond donors (Lipinski definition) is 7. The molecule has 0 bridgehead atoms. The van der Waals surface area contributed by atoms with Crippen LogP contribution in [0.2, 0.25) is 0 Å². The van der Waals surface area contributed by atoms with Crippen LogP contribution in [0, 0.1) is 5.92 Å². The summed E-state index contributed by atoms with van der Waals surface area (Å²) >= 11 is 0. The van der Waals surface area contributed by atoms with Gasteiger partial charge >= 0.3 is 6.16 Å². The molecule has 0 radical (unpaired) electrons. The quantitative estimate of drug-likeness (QED) is 0.0297. The first kappa shape index (κ1) is 58.2. The number of hydrazine groups is 1. The Kier molecular flexibility index (Phi) is 31.0. The van der Waals surface area contributed by atoms with Crippen molar-refractivity contribution in [2.75, 3.05) is 43.5 Å². The van der Waals surface area contributed by atoms with Crippen molar-refractivity contribution in [1.82, 2.24) is 21.0 Å². The second-order valence-electron chi connectivity index (χ2n) is 14.2. The van der Waals surface area contributed by atoms with Crippen molar-refractivity contribution in [3.63, 3.8) is 0 Å². The van der Waals surface area contributed by atoms with Gasteiger partial charge < -0.3 is 51.9 Å². The normalized spacial score (nSPS) is 12.4. The molecule has 0 aliphatic carbocycles. The smallest absolute Gasteiger partial charge is 0.434 e. The minimum atomic E-state index is -0.798. The molecule has 10 N–H and O–H groups in total. The standard InChI is InChI=1S/C25H33N5O2.C15H18N2O6.C4H11N.C2H6.CH3NO/c1-5-23(32)29-14-18-10-6-7-11-19(18)24(26)25(20-12-8-9-13-21(20)29)30(27)15-22(31)28-17(4)16(2)3;18-7-1-2-8-22-15(21)23-10-12-3-5-13(6-4-12)17-14(20)9-16-11-19;1-3-4-5-2;1-2;2-1-3/h6-13,16-17H,5,14-15,26-27H2,1-4H3,(H,28,31);3-7,11H,1-2,8-10H2,(H,16,19)(H,17,20);5H,3-4H2,1-2H3;1-2H3;1H,(H2,2,3)/b25-24-;;;;. The largest absolute Gasteiger partial charge is 0.508 e. The number of nitrogens with one attached hydrogen (secondary N) is 4. The predicted molar refractivity (Wildman–Crippen MR) is 255 cm³/mol. The van der Waals surface area contributed by atoms with Gasteiger partial charge in [-0.25, -0.2) is 10.6 Å². The van der Waals surface area contributed by atoms with Crippen molar-refractivity contribution in [3.05, 3.63) is 95.1 Å². The highest BCUT2D eigenvalue weighted by Crippen LogP contribution is 2.37. The monoisotopic (exact) mass is 906 g/mol. The molecule has 1 heterocycles. The summed E-state index contributed by atoms with van der Waals surface area (Å²) in [6.45, 7) is 15.6. The number of nitrogens with two attached hydrogens (primary N) is 3. The number of ether oxygens (including phenoxy) is 2. The third kappa shape index (κ3) is 22.4. The summed E-state index contributed by atoms with van der Waals surface area (Å²) < 4.78 is 9.66. The van der Waals surface area contributed by atoms with Crippen LogP contribution in [0.15, 0.2) is 72.8 Å². The lowest BCUT2D eigenvalue weighted by atomic mass is 9.95. The van der Waals surface area contributed by atoms with Crippen LogP contribution < -0.4 is 43.5 Å². The summed E-state index contributed by atoms with van der Waals surface area (Å²) in [5.41, 5.74) is 16.3. The van der Waals surface area contributed by atoms with E-state index in [1.165, 1.54) is 11.4 Å². The fraction of sp³-hybridized carbons (Fsp3) is 0.426. The van der Waals surface area contributed by atoms with Gasteiger partial charge in [0, 0.05) is 35.7 Å². The van der Waals surface area contributed by atoms with E-state index in [0.717, 1.165) is 35.2 Å². The zero-order chi connectivity index (χ0) is 49.2. The number of nitrogens with zero attached hydrogens (tertiary/aromatic N) is 2. The van der Waals surface area contributed by atoms with E-state index in [1.807, 2.05) is 97.1 Å². The number of aldehydes is 1. The van der Waals surface area contributed by atoms with E-state index < -0.39 is 6.16 Å². The molecule has 4 rings (SSSR count). The molecule has 358 valence electrons. The van der Waals surface area contributed by atoms with Gasteiger partial charge in [-0.1, -0.05) is 96.1 Å². The molecule has 1 atom stereocenters. The summed E-state index contributed by atoms with van der Waals surface area (Å²) in [6.07, 6.45) is 3.05. The number of unbranched alkanes of at least 4 members (excludes halogenated alkanes) is 1. The van der Waals surface area contributed by atoms with Crippen LogP contribution in [-0.4, -0.2) is 87.3 Å². The molecule has 0 spiro atoms. The van der Waals surface area contributed by atoms with Crippen LogP contribution in [0.25, 0.3) is 11.4 Å². The molecule has 0 saturated carbocycles. The predicted octanol–water partition coefficient (Wildman–Crippen LogP) is 4.81. The van der Waals surface area contributed by atoms with Crippen molar-refractivity contribution in [3.8, 4) is 0 Å². The van der Waals surface area contributed by atoms with Crippen LogP contribution in [0.3, 0.4) is 0 Å². The first-order chi connectivity index (χ1) is 31.2. The molecule has 1 aliphatic rings. The third-order valence-corrected chi connectivity index (χ3v) is 9.06. The van der Waals surface area contributed by atoms with E-state index in [9.17, 15) is 28.8 Å². The average molecular weight is 906 g/mol. The molecular weight excluding hydrogens is 835 g/mol. The van der Waals surface area contributed by atoms with Crippen molar-refractivity contribution in [2.24, 2.45) is 23.2 Å². The third-order valence-electron chi connectivity index (χ3n) is 9.06. The van der Waals surface area contributed by atoms with E-state index in [1.54, 1.807) is 29.2 Å². The van der Waals surface area contributed by atoms with Gasteiger partial charge in [0.2, 0.25) is 30.5 Å². The number of rotatable bonds is 18. The van der Waals surface area contributed by atoms with Crippen LogP contribution >= 0.6 is 0 Å². The van der Waals surface area contributed by atoms with Crippen LogP contribution in [0.4, 0.5) is 16.2 Å². The van der Waals surface area contributed by atoms with E-state index in [0.29, 0.717) is 60.8 Å². The fourth-order valence-electron chi connectivity index (χ4n) is 5.56. The first-order valence-electron chi connectivity index (χ1n) is 21.6. The van der Waals surface area contributed by atoms with Crippen molar-refractivity contribution in [2.45, 2.75) is 93.3 Å². The first-order valence-corrected chi connectivity index (χ1v) is 21.6. The highest BCUT2D eigenvalue weighted by atomic mass is 16.7. The van der Waals surface area contributed by atoms with Crippen molar-refractivity contribution >= 4 is 65.8 Å². The zero-order valence-corrected chi connectivity index (χ0v) is 39.2. The van der Waals surface area contributed by atoms with E-state index in [4.69, 9.17) is 25.8 Å². The van der Waals surface area contributed by atoms with Crippen molar-refractivity contribution in [1.29, 1.82) is 0 Å². The van der Waals surface area contributed by atoms with E-state index in [-0.39, 0.29) is 56.5 Å². The van der Waals surface area contributed by atoms with Crippen molar-refractivity contribution < 1.29 is 43.0 Å². The Morgan fingerprint density at radius 3 is 2.05 bits per heavy atom. The van der Waals surface area contributed by atoms with Crippen LogP contribution in [-0.2, 0) is 51.4 Å². The van der Waals surface area contributed by atoms with Gasteiger partial charge in [0.15, 0.2) is 0 Å². The highest BCUT2D eigenvalue weighted by Gasteiger charge is 2.28. The number of primary amides is 1. The van der Waals surface area contributed by atoms with Crippen LogP contribution in [0.1, 0.15) is 96.4 Å². The number of carbonyl (C=O) groups is 7. The summed E-state index contributed by atoms with van der Waals surface area (Å²) in [5.74, 6) is 6.23. The Morgan fingerprint density at radius 1 is 0.877 bits per heavy atom. The number of para-hydroxylation sites is 1.